The highest BCUT2D eigenvalue weighted by atomic mass is 16.4. The summed E-state index contributed by atoms with van der Waals surface area (Å²) < 4.78 is 5.05. The number of amidine groups is 1. The fraction of sp³-hybridized carbons (Fsp3) is 0.455. The SMILES string of the molecule is CCC(C)(NC(=O)c1ccoc1C)/C(N)=N/O. The van der Waals surface area contributed by atoms with Crippen molar-refractivity contribution in [3.8, 4) is 0 Å². The summed E-state index contributed by atoms with van der Waals surface area (Å²) in [5.74, 6) is 0.183. The average molecular weight is 239 g/mol. The van der Waals surface area contributed by atoms with E-state index in [2.05, 4.69) is 10.5 Å². The zero-order chi connectivity index (χ0) is 13.1. The van der Waals surface area contributed by atoms with Crippen LogP contribution in [0.3, 0.4) is 0 Å². The Bertz CT molecular complexity index is 439. The maximum Gasteiger partial charge on any atom is 0.255 e. The van der Waals surface area contributed by atoms with Crippen molar-refractivity contribution >= 4 is 11.7 Å². The Morgan fingerprint density at radius 2 is 2.35 bits per heavy atom. The molecule has 0 aliphatic rings. The molecule has 1 unspecified atom stereocenters. The van der Waals surface area contributed by atoms with Crippen LogP contribution in [0, 0.1) is 6.92 Å². The molecular weight excluding hydrogens is 222 g/mol. The maximum atomic E-state index is 12.0. The summed E-state index contributed by atoms with van der Waals surface area (Å²) in [4.78, 5) is 12.0. The lowest BCUT2D eigenvalue weighted by Crippen LogP contribution is -2.55. The van der Waals surface area contributed by atoms with Crippen LogP contribution in [0.4, 0.5) is 0 Å². The molecule has 94 valence electrons. The van der Waals surface area contributed by atoms with Crippen LogP contribution in [0.5, 0.6) is 0 Å². The van der Waals surface area contributed by atoms with E-state index in [-0.39, 0.29) is 11.7 Å². The van der Waals surface area contributed by atoms with E-state index in [4.69, 9.17) is 15.4 Å². The molecule has 0 aromatic carbocycles. The number of nitrogens with one attached hydrogen (secondary N) is 1. The fourth-order valence-corrected chi connectivity index (χ4v) is 1.38. The van der Waals surface area contributed by atoms with Gasteiger partial charge in [0.2, 0.25) is 0 Å². The number of hydrogen-bond donors (Lipinski definition) is 3. The minimum Gasteiger partial charge on any atom is -0.469 e. The van der Waals surface area contributed by atoms with Crippen molar-refractivity contribution in [3.63, 3.8) is 0 Å². The number of furan rings is 1. The van der Waals surface area contributed by atoms with Gasteiger partial charge >= 0.3 is 0 Å². The molecule has 0 saturated carbocycles. The van der Waals surface area contributed by atoms with Crippen molar-refractivity contribution in [1.29, 1.82) is 0 Å². The summed E-state index contributed by atoms with van der Waals surface area (Å²) >= 11 is 0. The van der Waals surface area contributed by atoms with Crippen molar-refractivity contribution < 1.29 is 14.4 Å². The molecule has 0 radical (unpaired) electrons. The maximum absolute atomic E-state index is 12.0. The largest absolute Gasteiger partial charge is 0.469 e. The van der Waals surface area contributed by atoms with E-state index in [0.717, 1.165) is 0 Å². The number of hydrogen-bond acceptors (Lipinski definition) is 4. The molecule has 0 fully saturated rings. The standard InChI is InChI=1S/C11H17N3O3/c1-4-11(3,10(12)14-16)13-9(15)8-5-6-17-7(8)2/h5-6,16H,4H2,1-3H3,(H2,12,14)(H,13,15). The molecule has 1 atom stereocenters. The number of rotatable bonds is 4. The summed E-state index contributed by atoms with van der Waals surface area (Å²) in [5.41, 5.74) is 5.12. The molecule has 0 saturated heterocycles. The van der Waals surface area contributed by atoms with E-state index in [1.165, 1.54) is 6.26 Å². The molecule has 6 heteroatoms. The minimum atomic E-state index is -0.879. The Balaban J connectivity index is 2.91. The van der Waals surface area contributed by atoms with E-state index >= 15 is 0 Å². The molecule has 1 aromatic rings. The molecule has 0 aliphatic carbocycles. The van der Waals surface area contributed by atoms with E-state index in [0.29, 0.717) is 17.7 Å². The Labute approximate surface area is 99.5 Å². The third-order valence-corrected chi connectivity index (χ3v) is 2.87. The van der Waals surface area contributed by atoms with E-state index in [1.54, 1.807) is 19.9 Å². The van der Waals surface area contributed by atoms with Gasteiger partial charge in [-0.2, -0.15) is 0 Å². The van der Waals surface area contributed by atoms with Crippen molar-refractivity contribution in [2.75, 3.05) is 0 Å². The number of carbonyl (C=O) groups is 1. The first kappa shape index (κ1) is 13.1. The molecule has 0 spiro atoms. The first-order valence-electron chi connectivity index (χ1n) is 5.29. The van der Waals surface area contributed by atoms with Crippen LogP contribution in [0.1, 0.15) is 36.4 Å². The molecule has 1 aromatic heterocycles. The summed E-state index contributed by atoms with van der Waals surface area (Å²) in [5, 5.41) is 14.4. The fourth-order valence-electron chi connectivity index (χ4n) is 1.38. The quantitative estimate of drug-likeness (QED) is 0.318. The molecule has 1 rings (SSSR count). The molecular formula is C11H17N3O3. The molecule has 17 heavy (non-hydrogen) atoms. The molecule has 0 aliphatic heterocycles. The second kappa shape index (κ2) is 4.90. The monoisotopic (exact) mass is 239 g/mol. The van der Waals surface area contributed by atoms with Crippen LogP contribution in [0.15, 0.2) is 21.9 Å². The lowest BCUT2D eigenvalue weighted by atomic mass is 9.97. The number of carbonyl (C=O) groups excluding carboxylic acids is 1. The van der Waals surface area contributed by atoms with Crippen molar-refractivity contribution in [2.45, 2.75) is 32.7 Å². The van der Waals surface area contributed by atoms with Crippen LogP contribution in [0.2, 0.25) is 0 Å². The van der Waals surface area contributed by atoms with Gasteiger partial charge in [-0.1, -0.05) is 12.1 Å². The zero-order valence-corrected chi connectivity index (χ0v) is 10.2. The molecule has 4 N–H and O–H groups in total. The van der Waals surface area contributed by atoms with E-state index < -0.39 is 5.54 Å². The normalized spacial score (nSPS) is 15.4. The van der Waals surface area contributed by atoms with Gasteiger partial charge in [-0.15, -0.1) is 0 Å². The third kappa shape index (κ3) is 2.58. The summed E-state index contributed by atoms with van der Waals surface area (Å²) in [6, 6.07) is 1.58. The zero-order valence-electron chi connectivity index (χ0n) is 10.2. The number of amides is 1. The Morgan fingerprint density at radius 1 is 1.71 bits per heavy atom. The second-order valence-corrected chi connectivity index (χ2v) is 4.02. The van der Waals surface area contributed by atoms with Crippen LogP contribution >= 0.6 is 0 Å². The number of oxime groups is 1. The molecule has 6 nitrogen and oxygen atoms in total. The van der Waals surface area contributed by atoms with Gasteiger partial charge in [0.05, 0.1) is 17.4 Å². The first-order chi connectivity index (χ1) is 7.94. The van der Waals surface area contributed by atoms with E-state index in [1.807, 2.05) is 6.92 Å². The average Bonchev–Trinajstić information content (AvgIpc) is 2.74. The lowest BCUT2D eigenvalue weighted by molar-refractivity contribution is 0.0923. The van der Waals surface area contributed by atoms with Gasteiger partial charge in [0, 0.05) is 0 Å². The number of nitrogens with zero attached hydrogens (tertiary/aromatic N) is 1. The molecule has 1 amide bonds. The van der Waals surface area contributed by atoms with Gasteiger partial charge in [-0.3, -0.25) is 4.79 Å². The van der Waals surface area contributed by atoms with Crippen molar-refractivity contribution in [3.05, 3.63) is 23.7 Å². The predicted octanol–water partition coefficient (Wildman–Crippen LogP) is 1.23. The summed E-state index contributed by atoms with van der Waals surface area (Å²) in [6.07, 6.45) is 1.95. The van der Waals surface area contributed by atoms with Gasteiger partial charge in [-0.25, -0.2) is 0 Å². The van der Waals surface area contributed by atoms with Crippen LogP contribution in [-0.2, 0) is 0 Å². The highest BCUT2D eigenvalue weighted by Crippen LogP contribution is 2.14. The molecule has 1 heterocycles. The highest BCUT2D eigenvalue weighted by molar-refractivity contribution is 6.00. The number of nitrogens with two attached hydrogens (primary N) is 1. The minimum absolute atomic E-state index is 0.0329. The Hall–Kier alpha value is -1.98. The molecule has 0 bridgehead atoms. The highest BCUT2D eigenvalue weighted by Gasteiger charge is 2.30. The van der Waals surface area contributed by atoms with Gasteiger partial charge < -0.3 is 20.7 Å². The Kier molecular flexibility index (Phi) is 3.77. The van der Waals surface area contributed by atoms with Gasteiger partial charge in [0.1, 0.15) is 5.76 Å². The third-order valence-electron chi connectivity index (χ3n) is 2.87. The lowest BCUT2D eigenvalue weighted by Gasteiger charge is -2.27. The van der Waals surface area contributed by atoms with Gasteiger partial charge in [0.25, 0.3) is 5.91 Å². The topological polar surface area (TPSA) is 101 Å². The van der Waals surface area contributed by atoms with Crippen LogP contribution in [-0.4, -0.2) is 22.5 Å². The van der Waals surface area contributed by atoms with Gasteiger partial charge in [0.15, 0.2) is 5.84 Å². The Morgan fingerprint density at radius 3 is 2.76 bits per heavy atom. The predicted molar refractivity (Wildman–Crippen MR) is 63.0 cm³/mol. The van der Waals surface area contributed by atoms with Crippen molar-refractivity contribution in [2.24, 2.45) is 10.9 Å². The second-order valence-electron chi connectivity index (χ2n) is 4.02. The first-order valence-corrected chi connectivity index (χ1v) is 5.29. The van der Waals surface area contributed by atoms with Crippen LogP contribution < -0.4 is 11.1 Å². The smallest absolute Gasteiger partial charge is 0.255 e. The van der Waals surface area contributed by atoms with E-state index in [9.17, 15) is 4.79 Å². The number of aryl methyl sites for hydroxylation is 1. The van der Waals surface area contributed by atoms with Gasteiger partial charge in [-0.05, 0) is 26.3 Å². The van der Waals surface area contributed by atoms with Crippen LogP contribution in [0.25, 0.3) is 0 Å². The van der Waals surface area contributed by atoms with Crippen molar-refractivity contribution in [1.82, 2.24) is 5.32 Å². The summed E-state index contributed by atoms with van der Waals surface area (Å²) in [6.45, 7) is 5.22. The summed E-state index contributed by atoms with van der Waals surface area (Å²) in [7, 11) is 0.